The Kier molecular flexibility index (Phi) is 6.82. The molecule has 12 nitrogen and oxygen atoms in total. The van der Waals surface area contributed by atoms with Crippen LogP contribution >= 0.6 is 0 Å². The van der Waals surface area contributed by atoms with Crippen LogP contribution < -0.4 is 16.4 Å². The van der Waals surface area contributed by atoms with Crippen molar-refractivity contribution < 1.29 is 28.8 Å². The SMILES string of the molecule is COC(=O)C1=C(C(=O)OC)N(c2ccc(C(N)=O)c([N+](=O)[O-])c2)C(N)=C(C#N)C1c1ccccc1. The number of esters is 2. The number of hydrogen-bond donors (Lipinski definition) is 2. The van der Waals surface area contributed by atoms with Crippen molar-refractivity contribution in [2.75, 3.05) is 19.1 Å². The molecule has 1 amide bonds. The summed E-state index contributed by atoms with van der Waals surface area (Å²) >= 11 is 0. The minimum Gasteiger partial charge on any atom is -0.466 e. The van der Waals surface area contributed by atoms with Crippen molar-refractivity contribution in [3.8, 4) is 6.07 Å². The highest BCUT2D eigenvalue weighted by atomic mass is 16.6. The van der Waals surface area contributed by atoms with Crippen LogP contribution in [0.2, 0.25) is 0 Å². The number of hydrogen-bond acceptors (Lipinski definition) is 10. The molecule has 3 rings (SSSR count). The van der Waals surface area contributed by atoms with E-state index in [4.69, 9.17) is 20.9 Å². The minimum atomic E-state index is -1.10. The lowest BCUT2D eigenvalue weighted by molar-refractivity contribution is -0.385. The van der Waals surface area contributed by atoms with E-state index < -0.39 is 45.6 Å². The van der Waals surface area contributed by atoms with Gasteiger partial charge < -0.3 is 20.9 Å². The number of nitro groups is 1. The van der Waals surface area contributed by atoms with Gasteiger partial charge in [-0.3, -0.25) is 19.8 Å². The summed E-state index contributed by atoms with van der Waals surface area (Å²) in [6.45, 7) is 0. The van der Waals surface area contributed by atoms with Gasteiger partial charge in [0, 0.05) is 6.07 Å². The zero-order valence-electron chi connectivity index (χ0n) is 18.6. The van der Waals surface area contributed by atoms with E-state index in [9.17, 15) is 29.8 Å². The molecular formula is C23H19N5O7. The van der Waals surface area contributed by atoms with Crippen LogP contribution in [-0.2, 0) is 19.1 Å². The third-order valence-corrected chi connectivity index (χ3v) is 5.31. The first-order valence-electron chi connectivity index (χ1n) is 9.91. The summed E-state index contributed by atoms with van der Waals surface area (Å²) in [6, 6.07) is 13.6. The van der Waals surface area contributed by atoms with Gasteiger partial charge in [0.25, 0.3) is 11.6 Å². The number of amides is 1. The van der Waals surface area contributed by atoms with E-state index in [1.807, 2.05) is 6.07 Å². The summed E-state index contributed by atoms with van der Waals surface area (Å²) in [5.41, 5.74) is 10.1. The summed E-state index contributed by atoms with van der Waals surface area (Å²) in [4.78, 5) is 49.4. The summed E-state index contributed by atoms with van der Waals surface area (Å²) < 4.78 is 9.81. The van der Waals surface area contributed by atoms with Crippen LogP contribution in [0.1, 0.15) is 21.8 Å². The summed E-state index contributed by atoms with van der Waals surface area (Å²) in [6.07, 6.45) is 0. The van der Waals surface area contributed by atoms with E-state index in [0.29, 0.717) is 5.56 Å². The highest BCUT2D eigenvalue weighted by molar-refractivity contribution is 6.06. The number of rotatable bonds is 6. The highest BCUT2D eigenvalue weighted by Crippen LogP contribution is 2.43. The number of nitriles is 1. The number of anilines is 1. The number of allylic oxidation sites excluding steroid dienone is 1. The molecule has 0 saturated heterocycles. The number of nitrogens with zero attached hydrogens (tertiary/aromatic N) is 3. The summed E-state index contributed by atoms with van der Waals surface area (Å²) in [7, 11) is 2.16. The first-order chi connectivity index (χ1) is 16.7. The Morgan fingerprint density at radius 3 is 2.23 bits per heavy atom. The van der Waals surface area contributed by atoms with Gasteiger partial charge in [0.15, 0.2) is 0 Å². The maximum absolute atomic E-state index is 13.0. The maximum Gasteiger partial charge on any atom is 0.355 e. The fourth-order valence-electron chi connectivity index (χ4n) is 3.80. The van der Waals surface area contributed by atoms with E-state index in [2.05, 4.69) is 0 Å². The molecule has 1 aliphatic heterocycles. The molecule has 1 aliphatic rings. The monoisotopic (exact) mass is 477 g/mol. The van der Waals surface area contributed by atoms with Crippen LogP contribution in [0.15, 0.2) is 71.2 Å². The second kappa shape index (κ2) is 9.75. The third kappa shape index (κ3) is 4.25. The normalized spacial score (nSPS) is 15.3. The second-order valence-corrected chi connectivity index (χ2v) is 7.16. The quantitative estimate of drug-likeness (QED) is 0.351. The number of ether oxygens (including phenoxy) is 2. The molecule has 1 atom stereocenters. The molecule has 0 bridgehead atoms. The van der Waals surface area contributed by atoms with E-state index in [0.717, 1.165) is 31.3 Å². The van der Waals surface area contributed by atoms with E-state index in [-0.39, 0.29) is 22.7 Å². The number of methoxy groups -OCH3 is 2. The van der Waals surface area contributed by atoms with E-state index in [1.54, 1.807) is 30.3 Å². The molecule has 0 fully saturated rings. The molecule has 0 saturated carbocycles. The standard InChI is InChI=1S/C23H19N5O7/c1-34-22(30)18-17(12-6-4-3-5-7-12)15(11-24)20(25)27(19(18)23(31)35-2)13-8-9-14(21(26)29)16(10-13)28(32)33/h3-10,17H,25H2,1-2H3,(H2,26,29). The van der Waals surface area contributed by atoms with Crippen LogP contribution in [0.25, 0.3) is 0 Å². The van der Waals surface area contributed by atoms with Crippen molar-refractivity contribution >= 4 is 29.2 Å². The van der Waals surface area contributed by atoms with E-state index in [1.165, 1.54) is 6.07 Å². The van der Waals surface area contributed by atoms with Gasteiger partial charge in [-0.25, -0.2) is 9.59 Å². The number of benzene rings is 2. The lowest BCUT2D eigenvalue weighted by Gasteiger charge is -2.35. The van der Waals surface area contributed by atoms with Gasteiger partial charge in [-0.05, 0) is 17.7 Å². The van der Waals surface area contributed by atoms with Gasteiger partial charge in [0.1, 0.15) is 17.1 Å². The smallest absolute Gasteiger partial charge is 0.355 e. The molecule has 4 N–H and O–H groups in total. The molecule has 0 radical (unpaired) electrons. The molecular weight excluding hydrogens is 458 g/mol. The number of nitrogens with two attached hydrogens (primary N) is 2. The van der Waals surface area contributed by atoms with Crippen molar-refractivity contribution in [2.24, 2.45) is 11.5 Å². The molecule has 0 aliphatic carbocycles. The van der Waals surface area contributed by atoms with Gasteiger partial charge >= 0.3 is 11.9 Å². The van der Waals surface area contributed by atoms with Crippen molar-refractivity contribution in [2.45, 2.75) is 5.92 Å². The van der Waals surface area contributed by atoms with Crippen LogP contribution in [0.3, 0.4) is 0 Å². The van der Waals surface area contributed by atoms with Crippen LogP contribution in [-0.4, -0.2) is 37.0 Å². The Labute approximate surface area is 198 Å². The summed E-state index contributed by atoms with van der Waals surface area (Å²) in [5, 5.41) is 21.6. The Bertz CT molecular complexity index is 1340. The van der Waals surface area contributed by atoms with Crippen LogP contribution in [0.5, 0.6) is 0 Å². The molecule has 35 heavy (non-hydrogen) atoms. The molecule has 0 spiro atoms. The minimum absolute atomic E-state index is 0.0970. The zero-order valence-corrected chi connectivity index (χ0v) is 18.6. The molecule has 1 heterocycles. The predicted molar refractivity (Wildman–Crippen MR) is 121 cm³/mol. The largest absolute Gasteiger partial charge is 0.466 e. The maximum atomic E-state index is 13.0. The predicted octanol–water partition coefficient (Wildman–Crippen LogP) is 1.59. The number of nitro benzene ring substituents is 1. The lowest BCUT2D eigenvalue weighted by Crippen LogP contribution is -2.40. The number of primary amides is 1. The van der Waals surface area contributed by atoms with Gasteiger partial charge in [-0.1, -0.05) is 30.3 Å². The third-order valence-electron chi connectivity index (χ3n) is 5.31. The first-order valence-corrected chi connectivity index (χ1v) is 9.91. The second-order valence-electron chi connectivity index (χ2n) is 7.16. The van der Waals surface area contributed by atoms with Gasteiger partial charge in [-0.2, -0.15) is 5.26 Å². The van der Waals surface area contributed by atoms with Gasteiger partial charge in [0.2, 0.25) is 0 Å². The Morgan fingerprint density at radius 2 is 1.71 bits per heavy atom. The van der Waals surface area contributed by atoms with Crippen molar-refractivity contribution in [3.05, 3.63) is 92.4 Å². The highest BCUT2D eigenvalue weighted by Gasteiger charge is 2.43. The van der Waals surface area contributed by atoms with Gasteiger partial charge in [0.05, 0.1) is 48.0 Å². The van der Waals surface area contributed by atoms with Crippen LogP contribution in [0, 0.1) is 21.4 Å². The molecule has 2 aromatic carbocycles. The molecule has 0 aromatic heterocycles. The van der Waals surface area contributed by atoms with E-state index >= 15 is 0 Å². The van der Waals surface area contributed by atoms with Crippen LogP contribution in [0.4, 0.5) is 11.4 Å². The molecule has 1 unspecified atom stereocenters. The molecule has 2 aromatic rings. The number of carbonyl (C=O) groups is 3. The lowest BCUT2D eigenvalue weighted by atomic mass is 9.81. The van der Waals surface area contributed by atoms with Crippen molar-refractivity contribution in [1.29, 1.82) is 5.26 Å². The first kappa shape index (κ1) is 24.5. The average molecular weight is 477 g/mol. The zero-order chi connectivity index (χ0) is 25.9. The molecule has 178 valence electrons. The van der Waals surface area contributed by atoms with Crippen molar-refractivity contribution in [3.63, 3.8) is 0 Å². The Hall–Kier alpha value is -5.18. The van der Waals surface area contributed by atoms with Gasteiger partial charge in [-0.15, -0.1) is 0 Å². The average Bonchev–Trinajstić information content (AvgIpc) is 2.86. The number of carbonyl (C=O) groups excluding carboxylic acids is 3. The molecule has 12 heteroatoms. The summed E-state index contributed by atoms with van der Waals surface area (Å²) in [5.74, 6) is -4.40. The van der Waals surface area contributed by atoms with Crippen molar-refractivity contribution in [1.82, 2.24) is 0 Å². The Morgan fingerprint density at radius 1 is 1.09 bits per heavy atom. The topological polar surface area (TPSA) is 192 Å². The fourth-order valence-corrected chi connectivity index (χ4v) is 3.80. The Balaban J connectivity index is 2.44. The fraction of sp³-hybridized carbons (Fsp3) is 0.130.